The first-order valence-corrected chi connectivity index (χ1v) is 13.5. The predicted octanol–water partition coefficient (Wildman–Crippen LogP) is 4.79. The molecule has 5 heteroatoms. The summed E-state index contributed by atoms with van der Waals surface area (Å²) in [7, 11) is -4.36. The molecule has 3 nitrogen and oxygen atoms in total. The molecular weight excluding hydrogens is 419 g/mol. The van der Waals surface area contributed by atoms with Crippen LogP contribution in [0.15, 0.2) is 29.2 Å². The van der Waals surface area contributed by atoms with E-state index in [2.05, 4.69) is 6.92 Å². The summed E-state index contributed by atoms with van der Waals surface area (Å²) in [4.78, 5) is -0.0449. The first-order valence-electron chi connectivity index (χ1n) is 12.1. The number of rotatable bonds is 19. The molecule has 0 atom stereocenters. The molecule has 1 aromatic rings. The van der Waals surface area contributed by atoms with E-state index in [-0.39, 0.29) is 56.3 Å². The van der Waals surface area contributed by atoms with Crippen molar-refractivity contribution in [3.8, 4) is 0 Å². The van der Waals surface area contributed by atoms with E-state index in [1.54, 1.807) is 18.2 Å². The van der Waals surface area contributed by atoms with Crippen LogP contribution >= 0.6 is 0 Å². The molecule has 0 fully saturated rings. The van der Waals surface area contributed by atoms with E-state index >= 15 is 0 Å². The maximum Gasteiger partial charge on any atom is 1.00 e. The first-order chi connectivity index (χ1) is 14.1. The summed E-state index contributed by atoms with van der Waals surface area (Å²) in [6.45, 7) is 2.27. The van der Waals surface area contributed by atoms with Gasteiger partial charge in [0.1, 0.15) is 10.1 Å². The molecule has 0 bridgehead atoms. The van der Waals surface area contributed by atoms with E-state index in [1.165, 1.54) is 102 Å². The Kier molecular flexibility index (Phi) is 20.9. The van der Waals surface area contributed by atoms with Crippen molar-refractivity contribution in [2.24, 2.45) is 0 Å². The van der Waals surface area contributed by atoms with Crippen LogP contribution < -0.4 is 51.4 Å². The molecular formula is C25H43KO3S. The van der Waals surface area contributed by atoms with Gasteiger partial charge in [-0.1, -0.05) is 128 Å². The van der Waals surface area contributed by atoms with Crippen LogP contribution in [0.25, 0.3) is 0 Å². The van der Waals surface area contributed by atoms with Gasteiger partial charge in [-0.25, -0.2) is 8.42 Å². The van der Waals surface area contributed by atoms with Gasteiger partial charge in [-0.15, -0.1) is 0 Å². The number of hydrogen-bond acceptors (Lipinski definition) is 3. The van der Waals surface area contributed by atoms with Crippen LogP contribution in [0.4, 0.5) is 0 Å². The minimum Gasteiger partial charge on any atom is -0.744 e. The van der Waals surface area contributed by atoms with Gasteiger partial charge in [-0.05, 0) is 24.5 Å². The monoisotopic (exact) mass is 462 g/mol. The topological polar surface area (TPSA) is 57.2 Å². The average molecular weight is 463 g/mol. The summed E-state index contributed by atoms with van der Waals surface area (Å²) in [5.74, 6) is 0. The summed E-state index contributed by atoms with van der Waals surface area (Å²) in [6.07, 6.45) is 23.3. The van der Waals surface area contributed by atoms with E-state index in [0.717, 1.165) is 12.8 Å². The molecule has 0 spiro atoms. The zero-order valence-corrected chi connectivity index (χ0v) is 23.6. The van der Waals surface area contributed by atoms with Crippen LogP contribution in [0.5, 0.6) is 0 Å². The summed E-state index contributed by atoms with van der Waals surface area (Å²) >= 11 is 0. The second kappa shape index (κ2) is 20.4. The van der Waals surface area contributed by atoms with Crippen molar-refractivity contribution in [2.45, 2.75) is 127 Å². The molecule has 168 valence electrons. The molecule has 0 aliphatic rings. The van der Waals surface area contributed by atoms with Crippen molar-refractivity contribution in [1.29, 1.82) is 0 Å². The van der Waals surface area contributed by atoms with E-state index < -0.39 is 10.1 Å². The summed E-state index contributed by atoms with van der Waals surface area (Å²) in [6, 6.07) is 6.60. The smallest absolute Gasteiger partial charge is 0.744 e. The van der Waals surface area contributed by atoms with Gasteiger partial charge in [-0.2, -0.15) is 0 Å². The zero-order chi connectivity index (χ0) is 21.2. The minimum absolute atomic E-state index is 0. The molecule has 0 radical (unpaired) electrons. The number of hydrogen-bond donors (Lipinski definition) is 0. The zero-order valence-electron chi connectivity index (χ0n) is 19.7. The third-order valence-electron chi connectivity index (χ3n) is 5.79. The SMILES string of the molecule is CCCCCCCCCCCCCCCCCCCc1ccccc1S(=O)(=O)[O-].[K+]. The number of benzene rings is 1. The Morgan fingerprint density at radius 3 is 1.40 bits per heavy atom. The predicted molar refractivity (Wildman–Crippen MR) is 122 cm³/mol. The third-order valence-corrected chi connectivity index (χ3v) is 6.73. The molecule has 0 saturated carbocycles. The van der Waals surface area contributed by atoms with Crippen LogP contribution in [0, 0.1) is 0 Å². The van der Waals surface area contributed by atoms with Gasteiger partial charge in [-0.3, -0.25) is 0 Å². The fourth-order valence-corrected chi connectivity index (χ4v) is 4.73. The first kappa shape index (κ1) is 30.8. The number of aryl methyl sites for hydroxylation is 1. The standard InChI is InChI=1S/C25H44O3S.K/c1-2-3-4-5-6-7-8-9-10-11-12-13-14-15-16-17-18-21-24-22-19-20-23-25(24)29(26,27)28;/h19-20,22-23H,2-18,21H2,1H3,(H,26,27,28);/q;+1/p-1. The largest absolute Gasteiger partial charge is 1.00 e. The van der Waals surface area contributed by atoms with Crippen LogP contribution in [-0.2, 0) is 16.5 Å². The molecule has 0 unspecified atom stereocenters. The van der Waals surface area contributed by atoms with Crippen LogP contribution in [0.3, 0.4) is 0 Å². The van der Waals surface area contributed by atoms with Gasteiger partial charge in [0.25, 0.3) is 0 Å². The van der Waals surface area contributed by atoms with Gasteiger partial charge >= 0.3 is 51.4 Å². The van der Waals surface area contributed by atoms with Crippen LogP contribution in [-0.4, -0.2) is 13.0 Å². The molecule has 0 amide bonds. The maximum atomic E-state index is 11.3. The Bertz CT molecular complexity index is 617. The van der Waals surface area contributed by atoms with Gasteiger partial charge in [0, 0.05) is 0 Å². The molecule has 0 heterocycles. The fourth-order valence-electron chi connectivity index (χ4n) is 3.99. The van der Waals surface area contributed by atoms with Crippen molar-refractivity contribution >= 4 is 10.1 Å². The Balaban J connectivity index is 0.00000841. The number of unbranched alkanes of at least 4 members (excludes halogenated alkanes) is 16. The van der Waals surface area contributed by atoms with E-state index in [1.807, 2.05) is 0 Å². The Hall–Kier alpha value is 0.766. The average Bonchev–Trinajstić information content (AvgIpc) is 2.70. The molecule has 0 saturated heterocycles. The summed E-state index contributed by atoms with van der Waals surface area (Å²) in [5, 5.41) is 0. The third kappa shape index (κ3) is 16.4. The fraction of sp³-hybridized carbons (Fsp3) is 0.760. The minimum atomic E-state index is -4.36. The molecule has 0 N–H and O–H groups in total. The second-order valence-corrected chi connectivity index (χ2v) is 9.82. The molecule has 0 aliphatic carbocycles. The van der Waals surface area contributed by atoms with E-state index in [9.17, 15) is 13.0 Å². The van der Waals surface area contributed by atoms with Crippen molar-refractivity contribution in [3.63, 3.8) is 0 Å². The summed E-state index contributed by atoms with van der Waals surface area (Å²) in [5.41, 5.74) is 0.670. The molecule has 1 aromatic carbocycles. The second-order valence-electron chi connectivity index (χ2n) is 8.47. The van der Waals surface area contributed by atoms with Gasteiger partial charge in [0.05, 0.1) is 4.90 Å². The van der Waals surface area contributed by atoms with Crippen molar-refractivity contribution in [3.05, 3.63) is 29.8 Å². The Labute approximate surface area is 229 Å². The van der Waals surface area contributed by atoms with Gasteiger partial charge < -0.3 is 4.55 Å². The van der Waals surface area contributed by atoms with Crippen LogP contribution in [0.1, 0.15) is 122 Å². The normalized spacial score (nSPS) is 11.4. The van der Waals surface area contributed by atoms with E-state index in [4.69, 9.17) is 0 Å². The van der Waals surface area contributed by atoms with Crippen LogP contribution in [0.2, 0.25) is 0 Å². The molecule has 1 rings (SSSR count). The van der Waals surface area contributed by atoms with E-state index in [0.29, 0.717) is 12.0 Å². The maximum absolute atomic E-state index is 11.3. The quantitative estimate of drug-likeness (QED) is 0.169. The molecule has 0 aliphatic heterocycles. The van der Waals surface area contributed by atoms with Gasteiger partial charge in [0.15, 0.2) is 0 Å². The molecule has 30 heavy (non-hydrogen) atoms. The van der Waals surface area contributed by atoms with Crippen molar-refractivity contribution in [1.82, 2.24) is 0 Å². The van der Waals surface area contributed by atoms with Crippen molar-refractivity contribution in [2.75, 3.05) is 0 Å². The van der Waals surface area contributed by atoms with Gasteiger partial charge in [0.2, 0.25) is 0 Å². The molecule has 0 aromatic heterocycles. The Morgan fingerprint density at radius 1 is 0.633 bits per heavy atom. The summed E-state index contributed by atoms with van der Waals surface area (Å²) < 4.78 is 33.8. The van der Waals surface area contributed by atoms with Crippen molar-refractivity contribution < 1.29 is 64.4 Å². The Morgan fingerprint density at radius 2 is 1.00 bits per heavy atom.